The van der Waals surface area contributed by atoms with E-state index in [1.54, 1.807) is 24.3 Å². The van der Waals surface area contributed by atoms with Crippen molar-refractivity contribution in [3.8, 4) is 5.75 Å². The molecule has 10 heteroatoms. The summed E-state index contributed by atoms with van der Waals surface area (Å²) in [5, 5.41) is 5.46. The maximum Gasteiger partial charge on any atom is 0.415 e. The van der Waals surface area contributed by atoms with Gasteiger partial charge in [-0.05, 0) is 43.5 Å². The van der Waals surface area contributed by atoms with Gasteiger partial charge in [0.05, 0.1) is 12.1 Å². The summed E-state index contributed by atoms with van der Waals surface area (Å²) in [6, 6.07) is 8.63. The van der Waals surface area contributed by atoms with E-state index >= 15 is 0 Å². The van der Waals surface area contributed by atoms with Crippen LogP contribution in [-0.4, -0.2) is 48.7 Å². The van der Waals surface area contributed by atoms with Crippen molar-refractivity contribution in [1.82, 2.24) is 10.3 Å². The van der Waals surface area contributed by atoms with Gasteiger partial charge in [0.15, 0.2) is 18.2 Å². The van der Waals surface area contributed by atoms with Crippen LogP contribution in [0.1, 0.15) is 28.8 Å². The predicted octanol–water partition coefficient (Wildman–Crippen LogP) is 1.84. The molecule has 162 valence electrons. The average molecular weight is 425 g/mol. The highest BCUT2D eigenvalue weighted by molar-refractivity contribution is 5.99. The third kappa shape index (κ3) is 4.37. The van der Waals surface area contributed by atoms with E-state index in [9.17, 15) is 14.4 Å². The number of anilines is 3. The number of amides is 3. The summed E-state index contributed by atoms with van der Waals surface area (Å²) in [6.07, 6.45) is 0.385. The summed E-state index contributed by atoms with van der Waals surface area (Å²) < 4.78 is 10.7. The molecule has 1 saturated heterocycles. The van der Waals surface area contributed by atoms with Gasteiger partial charge in [0.1, 0.15) is 11.9 Å². The second kappa shape index (κ2) is 8.50. The third-order valence-corrected chi connectivity index (χ3v) is 5.17. The Morgan fingerprint density at radius 2 is 2.16 bits per heavy atom. The molecule has 2 aromatic rings. The van der Waals surface area contributed by atoms with Gasteiger partial charge in [0.2, 0.25) is 0 Å². The number of aryl methyl sites for hydroxylation is 1. The van der Waals surface area contributed by atoms with Crippen LogP contribution in [0.25, 0.3) is 0 Å². The molecule has 2 aliphatic heterocycles. The van der Waals surface area contributed by atoms with Crippen molar-refractivity contribution in [1.29, 1.82) is 0 Å². The summed E-state index contributed by atoms with van der Waals surface area (Å²) in [6.45, 7) is 2.55. The first-order valence-electron chi connectivity index (χ1n) is 9.97. The van der Waals surface area contributed by atoms with E-state index in [1.807, 2.05) is 13.0 Å². The van der Waals surface area contributed by atoms with E-state index in [1.165, 1.54) is 4.90 Å². The number of carbonyl (C=O) groups excluding carboxylic acids is 3. The smallest absolute Gasteiger partial charge is 0.415 e. The number of aromatic nitrogens is 1. The second-order valence-corrected chi connectivity index (χ2v) is 7.40. The number of rotatable bonds is 6. The van der Waals surface area contributed by atoms with Crippen molar-refractivity contribution in [3.05, 3.63) is 41.5 Å². The quantitative estimate of drug-likeness (QED) is 0.474. The summed E-state index contributed by atoms with van der Waals surface area (Å²) in [5.41, 5.74) is 7.74. The zero-order chi connectivity index (χ0) is 22.0. The second-order valence-electron chi connectivity index (χ2n) is 7.40. The van der Waals surface area contributed by atoms with Crippen LogP contribution >= 0.6 is 0 Å². The number of hydrogen-bond acceptors (Lipinski definition) is 7. The monoisotopic (exact) mass is 425 g/mol. The molecule has 0 aliphatic carbocycles. The number of hydrogen-bond donors (Lipinski definition) is 3. The molecule has 10 nitrogen and oxygen atoms in total. The zero-order valence-corrected chi connectivity index (χ0v) is 17.0. The Kier molecular flexibility index (Phi) is 5.61. The molecule has 1 atom stereocenters. The van der Waals surface area contributed by atoms with E-state index in [-0.39, 0.29) is 30.3 Å². The molecule has 2 aliphatic rings. The number of nitrogens with zero attached hydrogens (tertiary/aromatic N) is 2. The number of pyridine rings is 1. The number of cyclic esters (lactones) is 1. The van der Waals surface area contributed by atoms with Crippen molar-refractivity contribution in [2.45, 2.75) is 25.9 Å². The third-order valence-electron chi connectivity index (χ3n) is 5.17. The minimum atomic E-state index is -0.503. The molecule has 31 heavy (non-hydrogen) atoms. The van der Waals surface area contributed by atoms with Crippen LogP contribution < -0.4 is 26.0 Å². The lowest BCUT2D eigenvalue weighted by Crippen LogP contribution is -2.29. The van der Waals surface area contributed by atoms with Crippen molar-refractivity contribution in [3.63, 3.8) is 0 Å². The Morgan fingerprint density at radius 3 is 3.00 bits per heavy atom. The van der Waals surface area contributed by atoms with Gasteiger partial charge in [0.25, 0.3) is 11.8 Å². The Labute approximate surface area is 178 Å². The highest BCUT2D eigenvalue weighted by atomic mass is 16.6. The molecule has 0 bridgehead atoms. The molecule has 3 heterocycles. The van der Waals surface area contributed by atoms with E-state index in [0.717, 1.165) is 5.56 Å². The lowest BCUT2D eigenvalue weighted by molar-refractivity contribution is -0.118. The maximum atomic E-state index is 12.3. The Bertz CT molecular complexity index is 1040. The molecule has 1 aromatic heterocycles. The molecule has 1 aromatic carbocycles. The van der Waals surface area contributed by atoms with Crippen LogP contribution in [0.4, 0.5) is 22.1 Å². The van der Waals surface area contributed by atoms with Crippen molar-refractivity contribution >= 4 is 35.2 Å². The van der Waals surface area contributed by atoms with Gasteiger partial charge in [-0.3, -0.25) is 14.5 Å². The lowest BCUT2D eigenvalue weighted by atomic mass is 10.1. The van der Waals surface area contributed by atoms with Crippen LogP contribution in [-0.2, 0) is 9.53 Å². The summed E-state index contributed by atoms with van der Waals surface area (Å²) >= 11 is 0. The number of benzene rings is 1. The number of nitrogen functional groups attached to an aromatic ring is 1. The molecule has 0 spiro atoms. The fraction of sp³-hybridized carbons (Fsp3) is 0.333. The first-order chi connectivity index (χ1) is 14.9. The number of para-hydroxylation sites is 1. The van der Waals surface area contributed by atoms with Gasteiger partial charge >= 0.3 is 6.09 Å². The molecule has 3 amide bonds. The SMILES string of the molecule is Cc1cccc(C(=O)NCCCC2CN(c3ccc4c(n3)NC(=O)CO4)C(=O)O2)c1N. The molecule has 0 radical (unpaired) electrons. The van der Waals surface area contributed by atoms with Gasteiger partial charge in [-0.1, -0.05) is 12.1 Å². The molecular weight excluding hydrogens is 402 g/mol. The minimum Gasteiger partial charge on any atom is -0.480 e. The minimum absolute atomic E-state index is 0.0606. The lowest BCUT2D eigenvalue weighted by Gasteiger charge is -2.19. The average Bonchev–Trinajstić information content (AvgIpc) is 3.13. The zero-order valence-electron chi connectivity index (χ0n) is 17.0. The number of nitrogens with one attached hydrogen (secondary N) is 2. The van der Waals surface area contributed by atoms with E-state index in [4.69, 9.17) is 15.2 Å². The topological polar surface area (TPSA) is 136 Å². The van der Waals surface area contributed by atoms with E-state index < -0.39 is 6.09 Å². The van der Waals surface area contributed by atoms with E-state index in [0.29, 0.717) is 48.7 Å². The van der Waals surface area contributed by atoms with Crippen LogP contribution in [0.5, 0.6) is 5.75 Å². The Morgan fingerprint density at radius 1 is 1.32 bits per heavy atom. The van der Waals surface area contributed by atoms with Crippen LogP contribution in [0.15, 0.2) is 30.3 Å². The highest BCUT2D eigenvalue weighted by Crippen LogP contribution is 2.30. The molecule has 1 fully saturated rings. The Hall–Kier alpha value is -3.82. The van der Waals surface area contributed by atoms with E-state index in [2.05, 4.69) is 15.6 Å². The number of carbonyl (C=O) groups is 3. The standard InChI is InChI=1S/C21H23N5O5/c1-12-4-2-6-14(18(12)22)20(28)23-9-3-5-13-10-26(21(29)31-13)16-8-7-15-19(24-16)25-17(27)11-30-15/h2,4,6-8,13H,3,5,9-11,22H2,1H3,(H,23,28)(H,24,25,27). The van der Waals surface area contributed by atoms with Crippen LogP contribution in [0, 0.1) is 6.92 Å². The largest absolute Gasteiger partial charge is 0.480 e. The maximum absolute atomic E-state index is 12.3. The van der Waals surface area contributed by atoms with Gasteiger partial charge < -0.3 is 25.8 Å². The number of ether oxygens (including phenoxy) is 2. The van der Waals surface area contributed by atoms with Crippen molar-refractivity contribution in [2.75, 3.05) is 35.6 Å². The molecule has 1 unspecified atom stereocenters. The number of nitrogens with two attached hydrogens (primary N) is 1. The van der Waals surface area contributed by atoms with Gasteiger partial charge in [-0.2, -0.15) is 0 Å². The highest BCUT2D eigenvalue weighted by Gasteiger charge is 2.33. The van der Waals surface area contributed by atoms with Crippen molar-refractivity contribution in [2.24, 2.45) is 0 Å². The fourth-order valence-electron chi connectivity index (χ4n) is 3.47. The molecular formula is C21H23N5O5. The van der Waals surface area contributed by atoms with Gasteiger partial charge in [-0.15, -0.1) is 0 Å². The predicted molar refractivity (Wildman–Crippen MR) is 113 cm³/mol. The first kappa shape index (κ1) is 20.5. The van der Waals surface area contributed by atoms with Gasteiger partial charge in [0, 0.05) is 12.2 Å². The summed E-state index contributed by atoms with van der Waals surface area (Å²) in [4.78, 5) is 41.8. The summed E-state index contributed by atoms with van der Waals surface area (Å²) in [7, 11) is 0. The number of fused-ring (bicyclic) bond motifs is 1. The molecule has 0 saturated carbocycles. The van der Waals surface area contributed by atoms with Gasteiger partial charge in [-0.25, -0.2) is 9.78 Å². The Balaban J connectivity index is 1.28. The summed E-state index contributed by atoms with van der Waals surface area (Å²) in [5.74, 6) is 0.586. The fourth-order valence-corrected chi connectivity index (χ4v) is 3.47. The molecule has 4 N–H and O–H groups in total. The first-order valence-corrected chi connectivity index (χ1v) is 9.97. The van der Waals surface area contributed by atoms with Crippen LogP contribution in [0.3, 0.4) is 0 Å². The molecule has 4 rings (SSSR count). The van der Waals surface area contributed by atoms with Crippen molar-refractivity contribution < 1.29 is 23.9 Å². The van der Waals surface area contributed by atoms with Crippen LogP contribution in [0.2, 0.25) is 0 Å². The normalized spacial score (nSPS) is 17.5.